The first-order chi connectivity index (χ1) is 9.31. The summed E-state index contributed by atoms with van der Waals surface area (Å²) in [6.45, 7) is 1.44. The Labute approximate surface area is 110 Å². The van der Waals surface area contributed by atoms with Crippen molar-refractivity contribution in [3.05, 3.63) is 30.1 Å². The summed E-state index contributed by atoms with van der Waals surface area (Å²) in [7, 11) is 0. The van der Waals surface area contributed by atoms with Gasteiger partial charge in [0.15, 0.2) is 0 Å². The molecule has 1 aromatic heterocycles. The first-order valence-corrected chi connectivity index (χ1v) is 6.21. The molecule has 2 aromatic rings. The van der Waals surface area contributed by atoms with Crippen molar-refractivity contribution in [3.63, 3.8) is 0 Å². The van der Waals surface area contributed by atoms with Gasteiger partial charge in [0.05, 0.1) is 30.6 Å². The number of H-pyrrole nitrogens is 1. The van der Waals surface area contributed by atoms with Crippen LogP contribution in [0.15, 0.2) is 24.5 Å². The number of nitrogens with zero attached hydrogens (tertiary/aromatic N) is 1. The van der Waals surface area contributed by atoms with E-state index in [1.165, 1.54) is 0 Å². The average Bonchev–Trinajstić information content (AvgIpc) is 2.89. The number of ether oxygens (including phenoxy) is 1. The minimum absolute atomic E-state index is 0.0244. The van der Waals surface area contributed by atoms with Crippen molar-refractivity contribution in [2.45, 2.75) is 6.42 Å². The fourth-order valence-corrected chi connectivity index (χ4v) is 1.72. The van der Waals surface area contributed by atoms with Gasteiger partial charge in [-0.15, -0.1) is 0 Å². The van der Waals surface area contributed by atoms with E-state index in [0.717, 1.165) is 17.5 Å². The number of aliphatic hydroxyl groups excluding tert-OH is 1. The maximum absolute atomic E-state index is 11.9. The highest BCUT2D eigenvalue weighted by molar-refractivity contribution is 5.97. The van der Waals surface area contributed by atoms with Gasteiger partial charge in [0.2, 0.25) is 0 Å². The van der Waals surface area contributed by atoms with Crippen LogP contribution < -0.4 is 5.32 Å². The number of benzene rings is 1. The third-order valence-corrected chi connectivity index (χ3v) is 2.67. The number of nitrogens with one attached hydrogen (secondary N) is 2. The zero-order valence-corrected chi connectivity index (χ0v) is 10.6. The van der Waals surface area contributed by atoms with Crippen LogP contribution in [0.4, 0.5) is 0 Å². The van der Waals surface area contributed by atoms with E-state index >= 15 is 0 Å². The van der Waals surface area contributed by atoms with E-state index in [4.69, 9.17) is 9.84 Å². The molecule has 2 rings (SSSR count). The second-order valence-corrected chi connectivity index (χ2v) is 4.08. The largest absolute Gasteiger partial charge is 0.394 e. The number of hydrogen-bond acceptors (Lipinski definition) is 4. The van der Waals surface area contributed by atoms with Gasteiger partial charge >= 0.3 is 0 Å². The summed E-state index contributed by atoms with van der Waals surface area (Å²) in [4.78, 5) is 18.9. The summed E-state index contributed by atoms with van der Waals surface area (Å²) < 4.78 is 5.10. The topological polar surface area (TPSA) is 87.2 Å². The zero-order chi connectivity index (χ0) is 13.5. The van der Waals surface area contributed by atoms with E-state index in [9.17, 15) is 4.79 Å². The van der Waals surface area contributed by atoms with Crippen molar-refractivity contribution in [1.29, 1.82) is 0 Å². The average molecular weight is 263 g/mol. The number of imidazole rings is 1. The van der Waals surface area contributed by atoms with Crippen molar-refractivity contribution in [1.82, 2.24) is 15.3 Å². The van der Waals surface area contributed by atoms with Gasteiger partial charge in [0, 0.05) is 18.7 Å². The lowest BCUT2D eigenvalue weighted by Crippen LogP contribution is -2.25. The number of carbonyl (C=O) groups is 1. The van der Waals surface area contributed by atoms with Crippen LogP contribution in [0.1, 0.15) is 16.8 Å². The summed E-state index contributed by atoms with van der Waals surface area (Å²) in [5, 5.41) is 11.3. The van der Waals surface area contributed by atoms with Gasteiger partial charge in [-0.3, -0.25) is 4.79 Å². The van der Waals surface area contributed by atoms with Crippen LogP contribution in [-0.4, -0.2) is 47.3 Å². The van der Waals surface area contributed by atoms with E-state index in [0.29, 0.717) is 25.3 Å². The van der Waals surface area contributed by atoms with Crippen LogP contribution in [0, 0.1) is 0 Å². The fourth-order valence-electron chi connectivity index (χ4n) is 1.72. The molecule has 6 heteroatoms. The van der Waals surface area contributed by atoms with Gasteiger partial charge in [0.25, 0.3) is 5.91 Å². The Bertz CT molecular complexity index is 539. The molecule has 6 nitrogen and oxygen atoms in total. The Morgan fingerprint density at radius 3 is 3.16 bits per heavy atom. The molecular formula is C13H17N3O3. The predicted molar refractivity (Wildman–Crippen MR) is 70.9 cm³/mol. The van der Waals surface area contributed by atoms with Crippen molar-refractivity contribution in [2.75, 3.05) is 26.4 Å². The van der Waals surface area contributed by atoms with E-state index in [-0.39, 0.29) is 12.5 Å². The SMILES string of the molecule is O=C(NCCCOCCO)c1ccc2nc[nH]c2c1. The fraction of sp³-hybridized carbons (Fsp3) is 0.385. The number of fused-ring (bicyclic) bond motifs is 1. The summed E-state index contributed by atoms with van der Waals surface area (Å²) in [5.41, 5.74) is 2.29. The third-order valence-electron chi connectivity index (χ3n) is 2.67. The number of aromatic amines is 1. The van der Waals surface area contributed by atoms with Crippen LogP contribution in [0.25, 0.3) is 11.0 Å². The molecule has 0 aliphatic rings. The molecule has 0 fully saturated rings. The van der Waals surface area contributed by atoms with E-state index in [1.54, 1.807) is 18.5 Å². The monoisotopic (exact) mass is 263 g/mol. The molecule has 0 radical (unpaired) electrons. The van der Waals surface area contributed by atoms with E-state index < -0.39 is 0 Å². The van der Waals surface area contributed by atoms with Gasteiger partial charge < -0.3 is 20.1 Å². The number of aromatic nitrogens is 2. The first kappa shape index (κ1) is 13.5. The third kappa shape index (κ3) is 3.77. The maximum atomic E-state index is 11.9. The van der Waals surface area contributed by atoms with Crippen molar-refractivity contribution >= 4 is 16.9 Å². The first-order valence-electron chi connectivity index (χ1n) is 6.21. The van der Waals surface area contributed by atoms with Crippen molar-refractivity contribution in [3.8, 4) is 0 Å². The number of hydrogen-bond donors (Lipinski definition) is 3. The molecule has 1 heterocycles. The van der Waals surface area contributed by atoms with Gasteiger partial charge in [-0.2, -0.15) is 0 Å². The summed E-state index contributed by atoms with van der Waals surface area (Å²) in [6.07, 6.45) is 2.32. The summed E-state index contributed by atoms with van der Waals surface area (Å²) in [6, 6.07) is 5.34. The molecule has 1 amide bonds. The molecule has 0 bridgehead atoms. The van der Waals surface area contributed by atoms with Gasteiger partial charge in [0.1, 0.15) is 0 Å². The van der Waals surface area contributed by atoms with Crippen LogP contribution in [0.5, 0.6) is 0 Å². The molecule has 0 saturated carbocycles. The molecule has 0 unspecified atom stereocenters. The molecule has 0 spiro atoms. The van der Waals surface area contributed by atoms with Crippen LogP contribution in [0.2, 0.25) is 0 Å². The highest BCUT2D eigenvalue weighted by Crippen LogP contribution is 2.11. The normalized spacial score (nSPS) is 10.8. The second kappa shape index (κ2) is 6.86. The lowest BCUT2D eigenvalue weighted by Gasteiger charge is -2.05. The predicted octanol–water partition coefficient (Wildman–Crippen LogP) is 0.692. The molecule has 0 aliphatic heterocycles. The molecule has 1 aromatic carbocycles. The molecule has 0 atom stereocenters. The van der Waals surface area contributed by atoms with Crippen LogP contribution >= 0.6 is 0 Å². The molecule has 0 saturated heterocycles. The van der Waals surface area contributed by atoms with Gasteiger partial charge in [-0.1, -0.05) is 0 Å². The smallest absolute Gasteiger partial charge is 0.251 e. The Balaban J connectivity index is 1.79. The highest BCUT2D eigenvalue weighted by atomic mass is 16.5. The Morgan fingerprint density at radius 2 is 2.32 bits per heavy atom. The zero-order valence-electron chi connectivity index (χ0n) is 10.6. The summed E-state index contributed by atoms with van der Waals surface area (Å²) >= 11 is 0. The van der Waals surface area contributed by atoms with Gasteiger partial charge in [-0.05, 0) is 24.6 Å². The molecule has 3 N–H and O–H groups in total. The quantitative estimate of drug-likeness (QED) is 0.641. The molecule has 102 valence electrons. The molecular weight excluding hydrogens is 246 g/mol. The number of aliphatic hydroxyl groups is 1. The Kier molecular flexibility index (Phi) is 4.88. The Hall–Kier alpha value is -1.92. The minimum Gasteiger partial charge on any atom is -0.394 e. The van der Waals surface area contributed by atoms with Crippen LogP contribution in [-0.2, 0) is 4.74 Å². The highest BCUT2D eigenvalue weighted by Gasteiger charge is 2.06. The second-order valence-electron chi connectivity index (χ2n) is 4.08. The lowest BCUT2D eigenvalue weighted by atomic mass is 10.2. The van der Waals surface area contributed by atoms with Gasteiger partial charge in [-0.25, -0.2) is 4.98 Å². The number of rotatable bonds is 7. The van der Waals surface area contributed by atoms with Crippen molar-refractivity contribution in [2.24, 2.45) is 0 Å². The maximum Gasteiger partial charge on any atom is 0.251 e. The minimum atomic E-state index is -0.112. The lowest BCUT2D eigenvalue weighted by molar-refractivity contribution is 0.0867. The van der Waals surface area contributed by atoms with Crippen LogP contribution in [0.3, 0.4) is 0 Å². The molecule has 0 aliphatic carbocycles. The van der Waals surface area contributed by atoms with E-state index in [2.05, 4.69) is 15.3 Å². The number of amides is 1. The standard InChI is InChI=1S/C13H17N3O3/c17-5-7-19-6-1-4-14-13(18)10-2-3-11-12(8-10)16-9-15-11/h2-3,8-9,17H,1,4-7H2,(H,14,18)(H,15,16). The number of carbonyl (C=O) groups excluding carboxylic acids is 1. The van der Waals surface area contributed by atoms with Crippen molar-refractivity contribution < 1.29 is 14.6 Å². The van der Waals surface area contributed by atoms with E-state index in [1.807, 2.05) is 6.07 Å². The molecule has 19 heavy (non-hydrogen) atoms. The Morgan fingerprint density at radius 1 is 1.42 bits per heavy atom. The summed E-state index contributed by atoms with van der Waals surface area (Å²) in [5.74, 6) is -0.112.